The van der Waals surface area contributed by atoms with Crippen LogP contribution in [0.4, 0.5) is 24.5 Å². The third-order valence-electron chi connectivity index (χ3n) is 5.86. The number of hydrogen-bond acceptors (Lipinski definition) is 4. The van der Waals surface area contributed by atoms with Crippen molar-refractivity contribution in [2.45, 2.75) is 38.0 Å². The van der Waals surface area contributed by atoms with Gasteiger partial charge in [-0.1, -0.05) is 24.3 Å². The molecule has 2 aromatic rings. The summed E-state index contributed by atoms with van der Waals surface area (Å²) in [6.07, 6.45) is -3.91. The molecule has 10 heteroatoms. The van der Waals surface area contributed by atoms with Crippen molar-refractivity contribution >= 4 is 29.1 Å². The van der Waals surface area contributed by atoms with E-state index in [0.717, 1.165) is 0 Å². The Morgan fingerprint density at radius 2 is 1.82 bits per heavy atom. The van der Waals surface area contributed by atoms with Crippen molar-refractivity contribution in [2.24, 2.45) is 0 Å². The van der Waals surface area contributed by atoms with Crippen LogP contribution in [0.2, 0.25) is 0 Å². The van der Waals surface area contributed by atoms with Gasteiger partial charge in [-0.05, 0) is 37.6 Å². The Bertz CT molecular complexity index is 1100. The van der Waals surface area contributed by atoms with Crippen LogP contribution in [-0.2, 0) is 9.59 Å². The lowest BCUT2D eigenvalue weighted by atomic mass is 9.98. The largest absolute Gasteiger partial charge is 0.482 e. The van der Waals surface area contributed by atoms with Gasteiger partial charge in [-0.2, -0.15) is 13.2 Å². The SMILES string of the molecule is CC12CCC(=O)N1c1ccccc1C(=O)N2CCC(=O)Nc1ccccc1OCC(F)(F)F. The molecule has 2 aromatic carbocycles. The lowest BCUT2D eigenvalue weighted by Crippen LogP contribution is -2.62. The van der Waals surface area contributed by atoms with E-state index in [1.807, 2.05) is 0 Å². The van der Waals surface area contributed by atoms with Crippen LogP contribution in [0.15, 0.2) is 48.5 Å². The number of nitrogens with one attached hydrogen (secondary N) is 1. The predicted molar refractivity (Wildman–Crippen MR) is 114 cm³/mol. The zero-order chi connectivity index (χ0) is 23.8. The van der Waals surface area contributed by atoms with Crippen LogP contribution in [0.1, 0.15) is 36.5 Å². The Morgan fingerprint density at radius 1 is 1.12 bits per heavy atom. The highest BCUT2D eigenvalue weighted by Crippen LogP contribution is 2.44. The Labute approximate surface area is 188 Å². The molecule has 7 nitrogen and oxygen atoms in total. The third kappa shape index (κ3) is 4.37. The highest BCUT2D eigenvalue weighted by molar-refractivity contribution is 6.10. The van der Waals surface area contributed by atoms with Crippen LogP contribution >= 0.6 is 0 Å². The van der Waals surface area contributed by atoms with E-state index in [0.29, 0.717) is 17.7 Å². The fourth-order valence-corrected chi connectivity index (χ4v) is 4.32. The van der Waals surface area contributed by atoms with Crippen molar-refractivity contribution in [3.63, 3.8) is 0 Å². The second-order valence-corrected chi connectivity index (χ2v) is 8.12. The van der Waals surface area contributed by atoms with E-state index in [2.05, 4.69) is 5.32 Å². The topological polar surface area (TPSA) is 79.0 Å². The Balaban J connectivity index is 1.48. The fourth-order valence-electron chi connectivity index (χ4n) is 4.32. The molecule has 1 fully saturated rings. The zero-order valence-corrected chi connectivity index (χ0v) is 17.8. The van der Waals surface area contributed by atoms with Crippen molar-refractivity contribution in [1.29, 1.82) is 0 Å². The van der Waals surface area contributed by atoms with Gasteiger partial charge in [0.15, 0.2) is 6.61 Å². The number of hydrogen-bond donors (Lipinski definition) is 1. The number of rotatable bonds is 6. The molecule has 174 valence electrons. The minimum Gasteiger partial charge on any atom is -0.482 e. The van der Waals surface area contributed by atoms with Crippen LogP contribution in [0, 0.1) is 0 Å². The number of para-hydroxylation sites is 3. The van der Waals surface area contributed by atoms with E-state index in [-0.39, 0.29) is 42.6 Å². The first-order valence-electron chi connectivity index (χ1n) is 10.4. The van der Waals surface area contributed by atoms with Gasteiger partial charge in [0.05, 0.1) is 16.9 Å². The number of anilines is 2. The zero-order valence-electron chi connectivity index (χ0n) is 17.8. The molecule has 1 N–H and O–H groups in total. The minimum absolute atomic E-state index is 0.0326. The molecule has 0 bridgehead atoms. The van der Waals surface area contributed by atoms with Crippen LogP contribution in [-0.4, -0.2) is 47.6 Å². The van der Waals surface area contributed by atoms with Crippen LogP contribution in [0.3, 0.4) is 0 Å². The van der Waals surface area contributed by atoms with Crippen LogP contribution in [0.5, 0.6) is 5.75 Å². The van der Waals surface area contributed by atoms with Crippen molar-refractivity contribution in [3.8, 4) is 5.75 Å². The molecule has 0 radical (unpaired) electrons. The van der Waals surface area contributed by atoms with Crippen molar-refractivity contribution in [1.82, 2.24) is 4.90 Å². The molecule has 2 aliphatic heterocycles. The summed E-state index contributed by atoms with van der Waals surface area (Å²) in [5, 5.41) is 2.55. The summed E-state index contributed by atoms with van der Waals surface area (Å²) < 4.78 is 42.3. The summed E-state index contributed by atoms with van der Waals surface area (Å²) in [5.41, 5.74) is 0.155. The summed E-state index contributed by atoms with van der Waals surface area (Å²) in [6.45, 7) is 0.346. The number of ether oxygens (including phenoxy) is 1. The number of carbonyl (C=O) groups excluding carboxylic acids is 3. The molecule has 4 rings (SSSR count). The number of amides is 3. The summed E-state index contributed by atoms with van der Waals surface area (Å²) in [6, 6.07) is 12.7. The molecule has 2 aliphatic rings. The smallest absolute Gasteiger partial charge is 0.422 e. The fraction of sp³-hybridized carbons (Fsp3) is 0.348. The van der Waals surface area contributed by atoms with E-state index in [1.165, 1.54) is 23.1 Å². The molecule has 0 saturated carbocycles. The van der Waals surface area contributed by atoms with Gasteiger partial charge in [-0.15, -0.1) is 0 Å². The van der Waals surface area contributed by atoms with Crippen LogP contribution in [0.25, 0.3) is 0 Å². The van der Waals surface area contributed by atoms with Crippen LogP contribution < -0.4 is 15.0 Å². The number of alkyl halides is 3. The van der Waals surface area contributed by atoms with Gasteiger partial charge in [0.1, 0.15) is 11.4 Å². The summed E-state index contributed by atoms with van der Waals surface area (Å²) >= 11 is 0. The number of benzene rings is 2. The lowest BCUT2D eigenvalue weighted by molar-refractivity contribution is -0.153. The van der Waals surface area contributed by atoms with Crippen molar-refractivity contribution in [2.75, 3.05) is 23.4 Å². The lowest BCUT2D eigenvalue weighted by Gasteiger charge is -2.48. The maximum absolute atomic E-state index is 13.2. The van der Waals surface area contributed by atoms with E-state index >= 15 is 0 Å². The number of nitrogens with zero attached hydrogens (tertiary/aromatic N) is 2. The Hall–Kier alpha value is -3.56. The van der Waals surface area contributed by atoms with Gasteiger partial charge < -0.3 is 15.0 Å². The molecule has 1 unspecified atom stereocenters. The molecule has 33 heavy (non-hydrogen) atoms. The first-order valence-corrected chi connectivity index (χ1v) is 10.4. The van der Waals surface area contributed by atoms with E-state index in [9.17, 15) is 27.6 Å². The highest BCUT2D eigenvalue weighted by atomic mass is 19.4. The molecule has 2 heterocycles. The van der Waals surface area contributed by atoms with Gasteiger partial charge in [0.2, 0.25) is 11.8 Å². The normalized spacial score (nSPS) is 19.9. The summed E-state index contributed by atoms with van der Waals surface area (Å²) in [5.74, 6) is -0.974. The second-order valence-electron chi connectivity index (χ2n) is 8.12. The number of fused-ring (bicyclic) bond motifs is 3. The molecular weight excluding hydrogens is 439 g/mol. The first-order chi connectivity index (χ1) is 15.6. The van der Waals surface area contributed by atoms with Gasteiger partial charge >= 0.3 is 6.18 Å². The second kappa shape index (κ2) is 8.42. The molecule has 1 saturated heterocycles. The van der Waals surface area contributed by atoms with Gasteiger partial charge in [0, 0.05) is 19.4 Å². The third-order valence-corrected chi connectivity index (χ3v) is 5.86. The molecule has 0 spiro atoms. The number of carbonyl (C=O) groups is 3. The van der Waals surface area contributed by atoms with Gasteiger partial charge in [-0.3, -0.25) is 19.3 Å². The monoisotopic (exact) mass is 461 g/mol. The predicted octanol–water partition coefficient (Wildman–Crippen LogP) is 3.96. The molecule has 1 atom stereocenters. The maximum atomic E-state index is 13.2. The van der Waals surface area contributed by atoms with E-state index in [4.69, 9.17) is 4.74 Å². The highest BCUT2D eigenvalue weighted by Gasteiger charge is 2.52. The maximum Gasteiger partial charge on any atom is 0.422 e. The summed E-state index contributed by atoms with van der Waals surface area (Å²) in [4.78, 5) is 41.5. The quantitative estimate of drug-likeness (QED) is 0.707. The van der Waals surface area contributed by atoms with E-state index < -0.39 is 24.4 Å². The average molecular weight is 461 g/mol. The number of halogens is 3. The van der Waals surface area contributed by atoms with E-state index in [1.54, 1.807) is 42.2 Å². The van der Waals surface area contributed by atoms with Crippen molar-refractivity contribution in [3.05, 3.63) is 54.1 Å². The average Bonchev–Trinajstić information content (AvgIpc) is 3.07. The Kier molecular flexibility index (Phi) is 5.77. The molecular formula is C23H22F3N3O4. The summed E-state index contributed by atoms with van der Waals surface area (Å²) in [7, 11) is 0. The minimum atomic E-state index is -4.51. The molecule has 0 aliphatic carbocycles. The van der Waals surface area contributed by atoms with Gasteiger partial charge in [0.25, 0.3) is 5.91 Å². The Morgan fingerprint density at radius 3 is 2.58 bits per heavy atom. The standard InChI is InChI=1S/C23H22F3N3O4/c1-22-12-10-20(31)29(22)17-8-4-2-6-15(17)21(32)28(22)13-11-19(30)27-16-7-3-5-9-18(16)33-14-23(24,25)26/h2-9H,10-14H2,1H3,(H,27,30). The molecule has 0 aromatic heterocycles. The van der Waals surface area contributed by atoms with Gasteiger partial charge in [-0.25, -0.2) is 0 Å². The van der Waals surface area contributed by atoms with Crippen molar-refractivity contribution < 1.29 is 32.3 Å². The molecule has 3 amide bonds. The first kappa shape index (κ1) is 22.6.